The Labute approximate surface area is 158 Å². The van der Waals surface area contributed by atoms with Crippen molar-refractivity contribution < 1.29 is 9.69 Å². The van der Waals surface area contributed by atoms with Gasteiger partial charge in [-0.05, 0) is 49.7 Å². The second-order valence-corrected chi connectivity index (χ2v) is 7.57. The topological polar surface area (TPSA) is 36.8 Å². The van der Waals surface area contributed by atoms with Crippen LogP contribution in [0.3, 0.4) is 0 Å². The van der Waals surface area contributed by atoms with Gasteiger partial charge in [0.05, 0.1) is 26.2 Å². The number of quaternary nitrogens is 1. The molecule has 25 heavy (non-hydrogen) atoms. The Balaban J connectivity index is 1.56. The summed E-state index contributed by atoms with van der Waals surface area (Å²) in [5, 5.41) is 3.02. The Morgan fingerprint density at radius 3 is 2.40 bits per heavy atom. The standard InChI is InChI=1S/C20H24BrN3O/c1-15-5-3-4-6-19(15)24-13-11-23(12-14-24)16(2)20(25)22-18-9-7-17(21)8-10-18/h3-10,16H,11-14H2,1-2H3,(H,22,25)/p+1/t16-/m1/s1. The minimum absolute atomic E-state index is 0.0531. The largest absolute Gasteiger partial charge is 0.360 e. The molecule has 2 N–H and O–H groups in total. The van der Waals surface area contributed by atoms with Crippen LogP contribution >= 0.6 is 15.9 Å². The Kier molecular flexibility index (Phi) is 5.76. The van der Waals surface area contributed by atoms with Gasteiger partial charge in [0.25, 0.3) is 5.91 Å². The number of aryl methyl sites for hydroxylation is 1. The first kappa shape index (κ1) is 18.0. The third-order valence-electron chi connectivity index (χ3n) is 4.98. The second kappa shape index (κ2) is 8.02. The smallest absolute Gasteiger partial charge is 0.282 e. The van der Waals surface area contributed by atoms with E-state index in [1.165, 1.54) is 16.2 Å². The van der Waals surface area contributed by atoms with E-state index in [2.05, 4.69) is 57.3 Å². The maximum absolute atomic E-state index is 12.5. The first-order valence-electron chi connectivity index (χ1n) is 8.76. The number of hydrogen-bond acceptors (Lipinski definition) is 2. The van der Waals surface area contributed by atoms with Crippen LogP contribution in [0.25, 0.3) is 0 Å². The van der Waals surface area contributed by atoms with Crippen LogP contribution < -0.4 is 15.1 Å². The number of carbonyl (C=O) groups is 1. The predicted octanol–water partition coefficient (Wildman–Crippen LogP) is 2.49. The van der Waals surface area contributed by atoms with Gasteiger partial charge in [-0.3, -0.25) is 4.79 Å². The third-order valence-corrected chi connectivity index (χ3v) is 5.51. The number of para-hydroxylation sites is 1. The zero-order chi connectivity index (χ0) is 17.8. The molecule has 0 aliphatic carbocycles. The van der Waals surface area contributed by atoms with E-state index in [0.29, 0.717) is 0 Å². The number of benzene rings is 2. The molecule has 0 spiro atoms. The van der Waals surface area contributed by atoms with Crippen molar-refractivity contribution in [3.8, 4) is 0 Å². The first-order valence-corrected chi connectivity index (χ1v) is 9.55. The molecule has 0 radical (unpaired) electrons. The van der Waals surface area contributed by atoms with Crippen LogP contribution in [-0.4, -0.2) is 38.1 Å². The number of nitrogens with zero attached hydrogens (tertiary/aromatic N) is 1. The van der Waals surface area contributed by atoms with E-state index in [1.54, 1.807) is 0 Å². The lowest BCUT2D eigenvalue weighted by Gasteiger charge is -2.36. The summed E-state index contributed by atoms with van der Waals surface area (Å²) in [6.07, 6.45) is 0. The SMILES string of the molecule is Cc1ccccc1N1CC[NH+]([C@H](C)C(=O)Nc2ccc(Br)cc2)CC1. The average Bonchev–Trinajstić information content (AvgIpc) is 2.63. The van der Waals surface area contributed by atoms with Gasteiger partial charge in [-0.2, -0.15) is 0 Å². The molecule has 0 bridgehead atoms. The molecule has 2 aromatic rings. The van der Waals surface area contributed by atoms with E-state index < -0.39 is 0 Å². The van der Waals surface area contributed by atoms with Crippen molar-refractivity contribution in [1.82, 2.24) is 0 Å². The molecule has 4 nitrogen and oxygen atoms in total. The third kappa shape index (κ3) is 4.41. The normalized spacial score (nSPS) is 16.5. The van der Waals surface area contributed by atoms with Crippen molar-refractivity contribution in [1.29, 1.82) is 0 Å². The fraction of sp³-hybridized carbons (Fsp3) is 0.350. The van der Waals surface area contributed by atoms with Gasteiger partial charge in [-0.25, -0.2) is 0 Å². The number of nitrogens with one attached hydrogen (secondary N) is 2. The highest BCUT2D eigenvalue weighted by Gasteiger charge is 2.29. The monoisotopic (exact) mass is 402 g/mol. The summed E-state index contributed by atoms with van der Waals surface area (Å²) in [6.45, 7) is 8.09. The minimum atomic E-state index is -0.0531. The zero-order valence-electron chi connectivity index (χ0n) is 14.8. The predicted molar refractivity (Wildman–Crippen MR) is 106 cm³/mol. The van der Waals surface area contributed by atoms with Crippen LogP contribution in [0.5, 0.6) is 0 Å². The number of rotatable bonds is 4. The summed E-state index contributed by atoms with van der Waals surface area (Å²) in [7, 11) is 0. The number of halogens is 1. The maximum Gasteiger partial charge on any atom is 0.282 e. The first-order chi connectivity index (χ1) is 12.0. The minimum Gasteiger partial charge on any atom is -0.360 e. The molecule has 0 unspecified atom stereocenters. The van der Waals surface area contributed by atoms with Crippen LogP contribution in [0.1, 0.15) is 12.5 Å². The molecule has 0 saturated carbocycles. The Bertz CT molecular complexity index is 724. The van der Waals surface area contributed by atoms with E-state index in [0.717, 1.165) is 36.3 Å². The van der Waals surface area contributed by atoms with Crippen molar-refractivity contribution in [2.75, 3.05) is 36.4 Å². The molecule has 132 valence electrons. The summed E-state index contributed by atoms with van der Waals surface area (Å²) in [5.41, 5.74) is 3.47. The number of hydrogen-bond donors (Lipinski definition) is 2. The molecule has 1 amide bonds. The number of carbonyl (C=O) groups excluding carboxylic acids is 1. The fourth-order valence-corrected chi connectivity index (χ4v) is 3.62. The summed E-state index contributed by atoms with van der Waals surface area (Å²) < 4.78 is 1.01. The maximum atomic E-state index is 12.5. The average molecular weight is 403 g/mol. The van der Waals surface area contributed by atoms with Crippen molar-refractivity contribution in [3.05, 3.63) is 58.6 Å². The van der Waals surface area contributed by atoms with Crippen molar-refractivity contribution in [3.63, 3.8) is 0 Å². The molecule has 1 heterocycles. The molecular weight excluding hydrogens is 378 g/mol. The highest BCUT2D eigenvalue weighted by Crippen LogP contribution is 2.19. The van der Waals surface area contributed by atoms with Gasteiger partial charge in [-0.1, -0.05) is 34.1 Å². The molecule has 1 aliphatic heterocycles. The lowest BCUT2D eigenvalue weighted by Crippen LogP contribution is -3.19. The molecular formula is C20H25BrN3O+. The Morgan fingerprint density at radius 1 is 1.12 bits per heavy atom. The van der Waals surface area contributed by atoms with Crippen LogP contribution in [0, 0.1) is 6.92 Å². The van der Waals surface area contributed by atoms with Gasteiger partial charge in [0.1, 0.15) is 0 Å². The number of anilines is 2. The van der Waals surface area contributed by atoms with Crippen LogP contribution in [0.4, 0.5) is 11.4 Å². The summed E-state index contributed by atoms with van der Waals surface area (Å²) in [4.78, 5) is 16.3. The highest BCUT2D eigenvalue weighted by molar-refractivity contribution is 9.10. The van der Waals surface area contributed by atoms with Crippen LogP contribution in [-0.2, 0) is 4.79 Å². The Morgan fingerprint density at radius 2 is 1.76 bits per heavy atom. The zero-order valence-corrected chi connectivity index (χ0v) is 16.3. The van der Waals surface area contributed by atoms with Gasteiger partial charge in [0.2, 0.25) is 0 Å². The lowest BCUT2D eigenvalue weighted by molar-refractivity contribution is -0.914. The summed E-state index contributed by atoms with van der Waals surface area (Å²) >= 11 is 3.41. The van der Waals surface area contributed by atoms with Gasteiger partial charge in [0.15, 0.2) is 6.04 Å². The van der Waals surface area contributed by atoms with Gasteiger partial charge >= 0.3 is 0 Å². The van der Waals surface area contributed by atoms with E-state index in [9.17, 15) is 4.79 Å². The van der Waals surface area contributed by atoms with Gasteiger partial charge < -0.3 is 15.1 Å². The molecule has 1 aliphatic rings. The number of amides is 1. The van der Waals surface area contributed by atoms with Crippen LogP contribution in [0.15, 0.2) is 53.0 Å². The summed E-state index contributed by atoms with van der Waals surface area (Å²) in [6, 6.07) is 16.2. The van der Waals surface area contributed by atoms with Crippen LogP contribution in [0.2, 0.25) is 0 Å². The molecule has 1 fully saturated rings. The van der Waals surface area contributed by atoms with E-state index in [-0.39, 0.29) is 11.9 Å². The molecule has 1 saturated heterocycles. The van der Waals surface area contributed by atoms with E-state index in [1.807, 2.05) is 31.2 Å². The molecule has 3 rings (SSSR count). The van der Waals surface area contributed by atoms with Crippen molar-refractivity contribution >= 4 is 33.2 Å². The second-order valence-electron chi connectivity index (χ2n) is 6.65. The fourth-order valence-electron chi connectivity index (χ4n) is 3.36. The van der Waals surface area contributed by atoms with Crippen molar-refractivity contribution in [2.45, 2.75) is 19.9 Å². The molecule has 1 atom stereocenters. The quantitative estimate of drug-likeness (QED) is 0.823. The van der Waals surface area contributed by atoms with Crippen molar-refractivity contribution in [2.24, 2.45) is 0 Å². The summed E-state index contributed by atoms with van der Waals surface area (Å²) in [5.74, 6) is 0.0849. The molecule has 2 aromatic carbocycles. The highest BCUT2D eigenvalue weighted by atomic mass is 79.9. The van der Waals surface area contributed by atoms with E-state index in [4.69, 9.17) is 0 Å². The lowest BCUT2D eigenvalue weighted by atomic mass is 10.1. The van der Waals surface area contributed by atoms with Gasteiger partial charge in [-0.15, -0.1) is 0 Å². The number of piperazine rings is 1. The molecule has 0 aromatic heterocycles. The van der Waals surface area contributed by atoms with Gasteiger partial charge in [0, 0.05) is 15.8 Å². The Hall–Kier alpha value is -1.85. The molecule has 5 heteroatoms. The van der Waals surface area contributed by atoms with E-state index >= 15 is 0 Å².